The minimum Gasteiger partial charge on any atom is -0.462 e. The summed E-state index contributed by atoms with van der Waals surface area (Å²) in [4.78, 5) is 38.0. The largest absolute Gasteiger partial charge is 0.462 e. The number of carbonyl (C=O) groups excluding carboxylic acids is 3. The summed E-state index contributed by atoms with van der Waals surface area (Å²) >= 11 is 0. The Kier molecular flexibility index (Phi) is 48.6. The zero-order valence-corrected chi connectivity index (χ0v) is 41.4. The van der Waals surface area contributed by atoms with Crippen LogP contribution >= 0.6 is 0 Å². The van der Waals surface area contributed by atoms with Gasteiger partial charge in [-0.05, 0) is 96.3 Å². The molecule has 0 bridgehead atoms. The van der Waals surface area contributed by atoms with Crippen LogP contribution in [0.15, 0.2) is 134 Å². The minimum atomic E-state index is -0.821. The van der Waals surface area contributed by atoms with Gasteiger partial charge < -0.3 is 14.2 Å². The minimum absolute atomic E-state index is 0.121. The van der Waals surface area contributed by atoms with Gasteiger partial charge in [0.25, 0.3) is 0 Å². The first-order chi connectivity index (χ1) is 32.0. The Morgan fingerprint density at radius 3 is 1.18 bits per heavy atom. The second-order valence-electron chi connectivity index (χ2n) is 16.5. The van der Waals surface area contributed by atoms with Crippen molar-refractivity contribution in [3.8, 4) is 0 Å². The predicted octanol–water partition coefficient (Wildman–Crippen LogP) is 17.1. The van der Waals surface area contributed by atoms with Gasteiger partial charge >= 0.3 is 17.9 Å². The van der Waals surface area contributed by atoms with Crippen LogP contribution in [0.25, 0.3) is 0 Å². The number of hydrogen-bond donors (Lipinski definition) is 0. The molecule has 1 atom stereocenters. The maximum atomic E-state index is 12.8. The van der Waals surface area contributed by atoms with Crippen LogP contribution in [0.3, 0.4) is 0 Å². The highest BCUT2D eigenvalue weighted by molar-refractivity contribution is 5.71. The van der Waals surface area contributed by atoms with Crippen molar-refractivity contribution in [3.63, 3.8) is 0 Å². The van der Waals surface area contributed by atoms with Crippen LogP contribution in [0.1, 0.15) is 201 Å². The Morgan fingerprint density at radius 2 is 0.677 bits per heavy atom. The van der Waals surface area contributed by atoms with E-state index >= 15 is 0 Å². The van der Waals surface area contributed by atoms with Gasteiger partial charge in [-0.3, -0.25) is 14.4 Å². The van der Waals surface area contributed by atoms with Gasteiger partial charge in [-0.1, -0.05) is 219 Å². The molecule has 0 aromatic rings. The van der Waals surface area contributed by atoms with Crippen molar-refractivity contribution in [1.29, 1.82) is 0 Å². The summed E-state index contributed by atoms with van der Waals surface area (Å²) in [5.41, 5.74) is 0. The zero-order valence-electron chi connectivity index (χ0n) is 41.4. The molecular weight excluding hydrogens is 805 g/mol. The second-order valence-corrected chi connectivity index (χ2v) is 16.5. The first kappa shape index (κ1) is 60.5. The van der Waals surface area contributed by atoms with E-state index in [9.17, 15) is 14.4 Å². The van der Waals surface area contributed by atoms with Gasteiger partial charge in [-0.25, -0.2) is 0 Å². The van der Waals surface area contributed by atoms with E-state index in [1.807, 2.05) is 72.9 Å². The summed E-state index contributed by atoms with van der Waals surface area (Å²) in [5.74, 6) is -1.02. The normalized spacial score (nSPS) is 13.2. The fraction of sp³-hybridized carbons (Fsp3) is 0.576. The molecule has 0 saturated carbocycles. The smallest absolute Gasteiger partial charge is 0.306 e. The molecule has 0 heterocycles. The lowest BCUT2D eigenvalue weighted by Gasteiger charge is -2.18. The molecule has 0 rings (SSSR count). The molecule has 0 fully saturated rings. The van der Waals surface area contributed by atoms with Crippen molar-refractivity contribution < 1.29 is 28.6 Å². The third kappa shape index (κ3) is 50.4. The molecule has 0 aromatic carbocycles. The van der Waals surface area contributed by atoms with Gasteiger partial charge in [-0.15, -0.1) is 0 Å². The number of carbonyl (C=O) groups is 3. The quantitative estimate of drug-likeness (QED) is 0.0199. The summed E-state index contributed by atoms with van der Waals surface area (Å²) in [5, 5.41) is 0. The molecule has 0 N–H and O–H groups in total. The van der Waals surface area contributed by atoms with E-state index in [2.05, 4.69) is 81.5 Å². The van der Waals surface area contributed by atoms with E-state index < -0.39 is 6.10 Å². The maximum Gasteiger partial charge on any atom is 0.306 e. The van der Waals surface area contributed by atoms with E-state index in [1.165, 1.54) is 57.8 Å². The molecule has 6 nitrogen and oxygen atoms in total. The Morgan fingerprint density at radius 1 is 0.338 bits per heavy atom. The van der Waals surface area contributed by atoms with Crippen LogP contribution in [0.5, 0.6) is 0 Å². The summed E-state index contributed by atoms with van der Waals surface area (Å²) in [7, 11) is 0. The number of esters is 3. The molecule has 364 valence electrons. The van der Waals surface area contributed by atoms with Crippen molar-refractivity contribution >= 4 is 17.9 Å². The first-order valence-electron chi connectivity index (χ1n) is 25.8. The van der Waals surface area contributed by atoms with Crippen molar-refractivity contribution in [2.45, 2.75) is 207 Å². The van der Waals surface area contributed by atoms with Crippen molar-refractivity contribution in [1.82, 2.24) is 0 Å². The van der Waals surface area contributed by atoms with Crippen LogP contribution in [-0.4, -0.2) is 37.2 Å². The summed E-state index contributed by atoms with van der Waals surface area (Å²) in [6, 6.07) is 0. The van der Waals surface area contributed by atoms with E-state index in [1.54, 1.807) is 0 Å². The molecule has 0 saturated heterocycles. The highest BCUT2D eigenvalue weighted by Crippen LogP contribution is 2.13. The molecule has 0 aliphatic heterocycles. The lowest BCUT2D eigenvalue weighted by molar-refractivity contribution is -0.167. The topological polar surface area (TPSA) is 78.9 Å². The summed E-state index contributed by atoms with van der Waals surface area (Å²) < 4.78 is 16.7. The Bertz CT molecular complexity index is 1450. The van der Waals surface area contributed by atoms with Gasteiger partial charge in [0.05, 0.1) is 0 Å². The molecule has 0 amide bonds. The van der Waals surface area contributed by atoms with Crippen LogP contribution in [-0.2, 0) is 28.6 Å². The monoisotopic (exact) mass is 897 g/mol. The molecule has 0 aliphatic carbocycles. The van der Waals surface area contributed by atoms with Crippen molar-refractivity contribution in [2.75, 3.05) is 13.2 Å². The van der Waals surface area contributed by atoms with Gasteiger partial charge in [0.1, 0.15) is 13.2 Å². The lowest BCUT2D eigenvalue weighted by atomic mass is 10.1. The molecule has 0 spiro atoms. The van der Waals surface area contributed by atoms with Gasteiger partial charge in [0.2, 0.25) is 0 Å². The first-order valence-corrected chi connectivity index (χ1v) is 25.8. The van der Waals surface area contributed by atoms with Crippen LogP contribution in [0.2, 0.25) is 0 Å². The number of rotatable bonds is 44. The number of hydrogen-bond acceptors (Lipinski definition) is 6. The molecule has 0 radical (unpaired) electrons. The fourth-order valence-corrected chi connectivity index (χ4v) is 6.49. The highest BCUT2D eigenvalue weighted by Gasteiger charge is 2.19. The van der Waals surface area contributed by atoms with E-state index in [0.29, 0.717) is 25.7 Å². The predicted molar refractivity (Wildman–Crippen MR) is 279 cm³/mol. The Labute approximate surface area is 398 Å². The highest BCUT2D eigenvalue weighted by atomic mass is 16.6. The lowest BCUT2D eigenvalue weighted by Crippen LogP contribution is -2.30. The SMILES string of the molecule is CC\C=C/C=C\C=C/C=C\C=C\C=C/C=C\CCCCCC(=O)OCC(COC(=O)CCCC/C=C\C/C=C\C/C=C\CC)OC(=O)CCCCCCC/C=C\CCCCCCCCC. The third-order valence-electron chi connectivity index (χ3n) is 10.3. The second kappa shape index (κ2) is 52.2. The standard InChI is InChI=1S/C59H92O6/c1-4-7-10-13-16-19-22-25-27-29-30-31-33-34-37-40-43-46-49-52-58(61)64-55-56(54-63-57(60)51-48-45-42-39-36-24-21-18-15-12-9-6-3)65-59(62)53-50-47-44-41-38-35-32-28-26-23-20-17-14-11-8-5-2/h7,9-10,12-13,16,18-19,21-22,25,27-34,36-37,39,56H,4-6,8,11,14-15,17,20,23-24,26,35,38,40-55H2,1-3H3/b10-7-,12-9-,16-13-,21-18-,22-19-,27-25-,30-29+,32-28-,33-31-,37-34-,39-36-. The van der Waals surface area contributed by atoms with Crippen molar-refractivity contribution in [2.24, 2.45) is 0 Å². The molecule has 6 heteroatoms. The van der Waals surface area contributed by atoms with Gasteiger partial charge in [0, 0.05) is 19.3 Å². The van der Waals surface area contributed by atoms with Gasteiger partial charge in [0.15, 0.2) is 6.10 Å². The Balaban J connectivity index is 4.56. The molecule has 65 heavy (non-hydrogen) atoms. The van der Waals surface area contributed by atoms with Crippen molar-refractivity contribution in [3.05, 3.63) is 134 Å². The maximum absolute atomic E-state index is 12.8. The van der Waals surface area contributed by atoms with E-state index in [0.717, 1.165) is 96.3 Å². The van der Waals surface area contributed by atoms with E-state index in [4.69, 9.17) is 14.2 Å². The fourth-order valence-electron chi connectivity index (χ4n) is 6.49. The zero-order chi connectivity index (χ0) is 47.2. The summed E-state index contributed by atoms with van der Waals surface area (Å²) in [6.45, 7) is 6.27. The molecular formula is C59H92O6. The van der Waals surface area contributed by atoms with Gasteiger partial charge in [-0.2, -0.15) is 0 Å². The van der Waals surface area contributed by atoms with Crippen LogP contribution in [0, 0.1) is 0 Å². The van der Waals surface area contributed by atoms with E-state index in [-0.39, 0.29) is 31.1 Å². The number of allylic oxidation sites excluding steroid dienone is 22. The van der Waals surface area contributed by atoms with Crippen LogP contribution in [0.4, 0.5) is 0 Å². The molecule has 0 aromatic heterocycles. The third-order valence-corrected chi connectivity index (χ3v) is 10.3. The number of unbranched alkanes of at least 4 members (excludes halogenated alkanes) is 17. The molecule has 0 aliphatic rings. The molecule has 1 unspecified atom stereocenters. The number of ether oxygens (including phenoxy) is 3. The average molecular weight is 897 g/mol. The van der Waals surface area contributed by atoms with Crippen LogP contribution < -0.4 is 0 Å². The summed E-state index contributed by atoms with van der Waals surface area (Å²) in [6.07, 6.45) is 72.9. The Hall–Kier alpha value is -4.45. The average Bonchev–Trinajstić information content (AvgIpc) is 3.30.